The van der Waals surface area contributed by atoms with Gasteiger partial charge < -0.3 is 4.42 Å². The van der Waals surface area contributed by atoms with E-state index in [1.54, 1.807) is 0 Å². The molecule has 10 aromatic rings. The van der Waals surface area contributed by atoms with Crippen molar-refractivity contribution in [3.8, 4) is 78.7 Å². The molecule has 258 valence electrons. The molecule has 0 bridgehead atoms. The van der Waals surface area contributed by atoms with Gasteiger partial charge in [0, 0.05) is 27.5 Å². The molecule has 0 radical (unpaired) electrons. The highest BCUT2D eigenvalue weighted by Gasteiger charge is 2.19. The highest BCUT2D eigenvalue weighted by molar-refractivity contribution is 6.12. The molecule has 4 nitrogen and oxygen atoms in total. The Bertz CT molecular complexity index is 2970. The third kappa shape index (κ3) is 6.06. The van der Waals surface area contributed by atoms with E-state index in [9.17, 15) is 0 Å². The SMILES string of the molecule is c1ccc(-c2ccc(-c3ccccc3-c3nc(-c4cccc(-c5cccc6oc7ccccc7c56)c4)nc(-c4ccccc4-c4ccccc4)n3)cc2)cc1. The zero-order chi connectivity index (χ0) is 36.6. The molecule has 0 atom stereocenters. The lowest BCUT2D eigenvalue weighted by Crippen LogP contribution is -2.02. The predicted molar refractivity (Wildman–Crippen MR) is 225 cm³/mol. The van der Waals surface area contributed by atoms with Crippen molar-refractivity contribution in [2.75, 3.05) is 0 Å². The van der Waals surface area contributed by atoms with Gasteiger partial charge in [-0.25, -0.2) is 15.0 Å². The first-order valence-electron chi connectivity index (χ1n) is 18.4. The number of fused-ring (bicyclic) bond motifs is 3. The topological polar surface area (TPSA) is 51.8 Å². The fourth-order valence-electron chi connectivity index (χ4n) is 7.54. The smallest absolute Gasteiger partial charge is 0.164 e. The molecule has 0 aliphatic rings. The number of hydrogen-bond acceptors (Lipinski definition) is 4. The second-order valence-corrected chi connectivity index (χ2v) is 13.6. The summed E-state index contributed by atoms with van der Waals surface area (Å²) in [7, 11) is 0. The van der Waals surface area contributed by atoms with Gasteiger partial charge >= 0.3 is 0 Å². The van der Waals surface area contributed by atoms with Crippen LogP contribution in [0.3, 0.4) is 0 Å². The van der Waals surface area contributed by atoms with Crippen molar-refractivity contribution in [1.29, 1.82) is 0 Å². The Hall–Kier alpha value is -7.43. The van der Waals surface area contributed by atoms with E-state index in [4.69, 9.17) is 19.4 Å². The van der Waals surface area contributed by atoms with Gasteiger partial charge in [-0.2, -0.15) is 0 Å². The molecule has 10 rings (SSSR count). The zero-order valence-corrected chi connectivity index (χ0v) is 29.8. The van der Waals surface area contributed by atoms with Crippen LogP contribution in [0.2, 0.25) is 0 Å². The minimum Gasteiger partial charge on any atom is -0.456 e. The van der Waals surface area contributed by atoms with Crippen LogP contribution in [0.15, 0.2) is 205 Å². The number of aromatic nitrogens is 3. The van der Waals surface area contributed by atoms with E-state index in [1.807, 2.05) is 36.4 Å². The highest BCUT2D eigenvalue weighted by atomic mass is 16.3. The summed E-state index contributed by atoms with van der Waals surface area (Å²) in [6.07, 6.45) is 0. The van der Waals surface area contributed by atoms with Crippen molar-refractivity contribution in [3.63, 3.8) is 0 Å². The molecule has 2 heterocycles. The number of hydrogen-bond donors (Lipinski definition) is 0. The number of para-hydroxylation sites is 1. The maximum atomic E-state index is 6.25. The molecule has 4 heteroatoms. The van der Waals surface area contributed by atoms with Crippen LogP contribution in [0.25, 0.3) is 101 Å². The van der Waals surface area contributed by atoms with E-state index in [-0.39, 0.29) is 0 Å². The van der Waals surface area contributed by atoms with Gasteiger partial charge in [0.05, 0.1) is 0 Å². The first-order chi connectivity index (χ1) is 27.3. The van der Waals surface area contributed by atoms with Crippen LogP contribution < -0.4 is 0 Å². The molecule has 2 aromatic heterocycles. The van der Waals surface area contributed by atoms with Gasteiger partial charge in [0.2, 0.25) is 0 Å². The average Bonchev–Trinajstić information content (AvgIpc) is 3.66. The average molecular weight is 704 g/mol. The first-order valence-corrected chi connectivity index (χ1v) is 18.4. The lowest BCUT2D eigenvalue weighted by Gasteiger charge is -2.14. The molecule has 0 saturated carbocycles. The van der Waals surface area contributed by atoms with Crippen molar-refractivity contribution in [2.45, 2.75) is 0 Å². The molecule has 0 unspecified atom stereocenters. The third-order valence-electron chi connectivity index (χ3n) is 10.2. The van der Waals surface area contributed by atoms with Gasteiger partial charge in [-0.3, -0.25) is 0 Å². The second kappa shape index (κ2) is 13.8. The molecule has 0 amide bonds. The molecule has 0 N–H and O–H groups in total. The van der Waals surface area contributed by atoms with E-state index in [0.29, 0.717) is 17.5 Å². The Morgan fingerprint density at radius 1 is 0.273 bits per heavy atom. The summed E-state index contributed by atoms with van der Waals surface area (Å²) in [5.74, 6) is 1.82. The fourth-order valence-corrected chi connectivity index (χ4v) is 7.54. The standard InChI is InChI=1S/C51H33N3O/c1-3-15-34(16-4-1)35-29-31-37(32-30-35)41-22-8-10-24-44(41)51-53-49(52-50(54-51)43-23-9-7-21-40(43)36-17-5-2-6-18-36)39-20-13-19-38(33-39)42-26-14-28-47-48(42)45-25-11-12-27-46(45)55-47/h1-33H. The van der Waals surface area contributed by atoms with Crippen LogP contribution in [0.4, 0.5) is 0 Å². The van der Waals surface area contributed by atoms with Crippen LogP contribution in [-0.4, -0.2) is 15.0 Å². The van der Waals surface area contributed by atoms with Crippen molar-refractivity contribution in [1.82, 2.24) is 15.0 Å². The normalized spacial score (nSPS) is 11.3. The molecular weight excluding hydrogens is 671 g/mol. The summed E-state index contributed by atoms with van der Waals surface area (Å²) < 4.78 is 6.25. The van der Waals surface area contributed by atoms with Crippen molar-refractivity contribution >= 4 is 21.9 Å². The molecule has 0 spiro atoms. The van der Waals surface area contributed by atoms with Gasteiger partial charge in [0.1, 0.15) is 11.2 Å². The number of nitrogens with zero attached hydrogens (tertiary/aromatic N) is 3. The Balaban J connectivity index is 1.15. The summed E-state index contributed by atoms with van der Waals surface area (Å²) in [4.78, 5) is 15.7. The molecule has 0 aliphatic heterocycles. The second-order valence-electron chi connectivity index (χ2n) is 13.6. The van der Waals surface area contributed by atoms with Crippen LogP contribution in [0.1, 0.15) is 0 Å². The Labute approximate surface area is 319 Å². The Morgan fingerprint density at radius 3 is 1.40 bits per heavy atom. The fraction of sp³-hybridized carbons (Fsp3) is 0. The van der Waals surface area contributed by atoms with E-state index in [0.717, 1.165) is 72.0 Å². The maximum Gasteiger partial charge on any atom is 0.164 e. The van der Waals surface area contributed by atoms with Crippen LogP contribution in [-0.2, 0) is 0 Å². The summed E-state index contributed by atoms with van der Waals surface area (Å²) in [6.45, 7) is 0. The minimum atomic E-state index is 0.600. The van der Waals surface area contributed by atoms with Crippen molar-refractivity contribution in [3.05, 3.63) is 200 Å². The van der Waals surface area contributed by atoms with E-state index in [1.165, 1.54) is 11.1 Å². The highest BCUT2D eigenvalue weighted by Crippen LogP contribution is 2.39. The Morgan fingerprint density at radius 2 is 0.709 bits per heavy atom. The molecule has 0 saturated heterocycles. The summed E-state index contributed by atoms with van der Waals surface area (Å²) in [6, 6.07) is 69.2. The lowest BCUT2D eigenvalue weighted by molar-refractivity contribution is 0.669. The van der Waals surface area contributed by atoms with Crippen molar-refractivity contribution in [2.24, 2.45) is 0 Å². The molecule has 0 aliphatic carbocycles. The number of furan rings is 1. The van der Waals surface area contributed by atoms with Crippen LogP contribution in [0, 0.1) is 0 Å². The largest absolute Gasteiger partial charge is 0.456 e. The minimum absolute atomic E-state index is 0.600. The Kier molecular flexibility index (Phi) is 8.12. The molecule has 55 heavy (non-hydrogen) atoms. The van der Waals surface area contributed by atoms with Gasteiger partial charge in [-0.15, -0.1) is 0 Å². The quantitative estimate of drug-likeness (QED) is 0.166. The van der Waals surface area contributed by atoms with E-state index in [2.05, 4.69) is 164 Å². The van der Waals surface area contributed by atoms with Crippen LogP contribution >= 0.6 is 0 Å². The third-order valence-corrected chi connectivity index (χ3v) is 10.2. The maximum absolute atomic E-state index is 6.25. The monoisotopic (exact) mass is 703 g/mol. The molecular formula is C51H33N3O. The number of rotatable bonds is 7. The number of benzene rings is 8. The van der Waals surface area contributed by atoms with E-state index >= 15 is 0 Å². The summed E-state index contributed by atoms with van der Waals surface area (Å²) >= 11 is 0. The van der Waals surface area contributed by atoms with Crippen molar-refractivity contribution < 1.29 is 4.42 Å². The summed E-state index contributed by atoms with van der Waals surface area (Å²) in [5, 5.41) is 2.19. The van der Waals surface area contributed by atoms with Gasteiger partial charge in [0.25, 0.3) is 0 Å². The van der Waals surface area contributed by atoms with Gasteiger partial charge in [0.15, 0.2) is 17.5 Å². The van der Waals surface area contributed by atoms with Crippen LogP contribution in [0.5, 0.6) is 0 Å². The predicted octanol–water partition coefficient (Wildman–Crippen LogP) is 13.4. The first kappa shape index (κ1) is 32.2. The van der Waals surface area contributed by atoms with Gasteiger partial charge in [-0.05, 0) is 62.7 Å². The van der Waals surface area contributed by atoms with E-state index < -0.39 is 0 Å². The lowest BCUT2D eigenvalue weighted by atomic mass is 9.96. The molecule has 8 aromatic carbocycles. The molecule has 0 fully saturated rings. The van der Waals surface area contributed by atoms with Gasteiger partial charge in [-0.1, -0.05) is 182 Å². The summed E-state index contributed by atoms with van der Waals surface area (Å²) in [5.41, 5.74) is 13.3. The zero-order valence-electron chi connectivity index (χ0n) is 29.8.